The van der Waals surface area contributed by atoms with Gasteiger partial charge in [-0.1, -0.05) is 36.8 Å². The maximum absolute atomic E-state index is 12.2. The number of carbonyl (C=O) groups is 1. The van der Waals surface area contributed by atoms with Crippen LogP contribution >= 0.6 is 0 Å². The Balaban J connectivity index is 1.87. The lowest BCUT2D eigenvalue weighted by Crippen LogP contribution is -2.45. The maximum atomic E-state index is 12.2. The first kappa shape index (κ1) is 16.8. The molecule has 1 aromatic rings. The molecule has 1 fully saturated rings. The summed E-state index contributed by atoms with van der Waals surface area (Å²) in [5.41, 5.74) is 2.38. The van der Waals surface area contributed by atoms with Crippen molar-refractivity contribution in [2.24, 2.45) is 0 Å². The van der Waals surface area contributed by atoms with E-state index in [4.69, 9.17) is 0 Å². The van der Waals surface area contributed by atoms with Gasteiger partial charge >= 0.3 is 6.03 Å². The molecule has 1 N–H and O–H groups in total. The highest BCUT2D eigenvalue weighted by molar-refractivity contribution is 7.91. The van der Waals surface area contributed by atoms with E-state index in [9.17, 15) is 13.2 Å². The minimum atomic E-state index is -2.97. The van der Waals surface area contributed by atoms with Crippen LogP contribution in [0, 0.1) is 6.92 Å². The Labute approximate surface area is 132 Å². The number of sulfone groups is 1. The van der Waals surface area contributed by atoms with Gasteiger partial charge in [-0.25, -0.2) is 13.2 Å². The third-order valence-corrected chi connectivity index (χ3v) is 6.00. The SMILES string of the molecule is Cc1cccc([C@H](C)CNC(=O)N(C)[C@@H]2CCS(=O)(=O)C2)c1. The Morgan fingerprint density at radius 1 is 1.45 bits per heavy atom. The van der Waals surface area contributed by atoms with Crippen LogP contribution in [0.25, 0.3) is 0 Å². The van der Waals surface area contributed by atoms with Gasteiger partial charge in [0.2, 0.25) is 0 Å². The van der Waals surface area contributed by atoms with Crippen LogP contribution < -0.4 is 5.32 Å². The van der Waals surface area contributed by atoms with Crippen LogP contribution in [0.4, 0.5) is 4.79 Å². The van der Waals surface area contributed by atoms with Gasteiger partial charge in [0.05, 0.1) is 11.5 Å². The second kappa shape index (κ2) is 6.69. The van der Waals surface area contributed by atoms with Crippen LogP contribution in [0.3, 0.4) is 0 Å². The van der Waals surface area contributed by atoms with Gasteiger partial charge in [0.25, 0.3) is 0 Å². The summed E-state index contributed by atoms with van der Waals surface area (Å²) < 4.78 is 23.0. The van der Waals surface area contributed by atoms with E-state index >= 15 is 0 Å². The first-order valence-electron chi connectivity index (χ1n) is 7.56. The lowest BCUT2D eigenvalue weighted by atomic mass is 9.99. The quantitative estimate of drug-likeness (QED) is 0.920. The van der Waals surface area contributed by atoms with E-state index in [1.54, 1.807) is 7.05 Å². The molecule has 1 aromatic carbocycles. The van der Waals surface area contributed by atoms with E-state index in [2.05, 4.69) is 24.4 Å². The van der Waals surface area contributed by atoms with E-state index in [0.717, 1.165) is 0 Å². The monoisotopic (exact) mass is 324 g/mol. The minimum absolute atomic E-state index is 0.0738. The third-order valence-electron chi connectivity index (χ3n) is 4.25. The van der Waals surface area contributed by atoms with Gasteiger partial charge in [-0.15, -0.1) is 0 Å². The topological polar surface area (TPSA) is 66.5 Å². The Bertz CT molecular complexity index is 643. The number of nitrogens with one attached hydrogen (secondary N) is 1. The molecule has 0 unspecified atom stereocenters. The zero-order valence-corrected chi connectivity index (χ0v) is 14.2. The van der Waals surface area contributed by atoms with Crippen molar-refractivity contribution in [1.29, 1.82) is 0 Å². The molecule has 2 rings (SSSR count). The number of aryl methyl sites for hydroxylation is 1. The molecular formula is C16H24N2O3S. The predicted octanol–water partition coefficient (Wildman–Crippen LogP) is 1.93. The van der Waals surface area contributed by atoms with Crippen LogP contribution in [0.5, 0.6) is 0 Å². The highest BCUT2D eigenvalue weighted by Gasteiger charge is 2.32. The molecule has 6 heteroatoms. The van der Waals surface area contributed by atoms with Gasteiger partial charge in [0.1, 0.15) is 0 Å². The maximum Gasteiger partial charge on any atom is 0.317 e. The molecule has 0 aliphatic carbocycles. The molecule has 5 nitrogen and oxygen atoms in total. The molecule has 1 heterocycles. The largest absolute Gasteiger partial charge is 0.337 e. The number of amides is 2. The Hall–Kier alpha value is -1.56. The number of benzene rings is 1. The summed E-state index contributed by atoms with van der Waals surface area (Å²) in [5.74, 6) is 0.462. The molecule has 2 amide bonds. The van der Waals surface area contributed by atoms with Crippen molar-refractivity contribution in [3.05, 3.63) is 35.4 Å². The summed E-state index contributed by atoms with van der Waals surface area (Å²) in [7, 11) is -1.31. The van der Waals surface area contributed by atoms with Crippen molar-refractivity contribution in [1.82, 2.24) is 10.2 Å². The Kier molecular flexibility index (Phi) is 5.11. The summed E-state index contributed by atoms with van der Waals surface area (Å²) in [6.07, 6.45) is 0.527. The first-order valence-corrected chi connectivity index (χ1v) is 9.38. The molecule has 22 heavy (non-hydrogen) atoms. The van der Waals surface area contributed by atoms with Crippen LogP contribution in [-0.2, 0) is 9.84 Å². The molecule has 122 valence electrons. The molecule has 0 spiro atoms. The van der Waals surface area contributed by atoms with E-state index in [1.165, 1.54) is 16.0 Å². The number of rotatable bonds is 4. The van der Waals surface area contributed by atoms with Crippen molar-refractivity contribution in [3.8, 4) is 0 Å². The molecule has 0 radical (unpaired) electrons. The second-order valence-corrected chi connectivity index (χ2v) is 8.40. The molecule has 2 atom stereocenters. The number of carbonyl (C=O) groups excluding carboxylic acids is 1. The normalized spacial score (nSPS) is 21.3. The lowest BCUT2D eigenvalue weighted by molar-refractivity contribution is 0.194. The first-order chi connectivity index (χ1) is 10.3. The van der Waals surface area contributed by atoms with Crippen LogP contribution in [0.15, 0.2) is 24.3 Å². The summed E-state index contributed by atoms with van der Waals surface area (Å²) in [6.45, 7) is 4.64. The molecule has 1 saturated heterocycles. The van der Waals surface area contributed by atoms with Gasteiger partial charge < -0.3 is 10.2 Å². The fourth-order valence-electron chi connectivity index (χ4n) is 2.71. The fraction of sp³-hybridized carbons (Fsp3) is 0.562. The Morgan fingerprint density at radius 2 is 2.18 bits per heavy atom. The van der Waals surface area contributed by atoms with Gasteiger partial charge in [0, 0.05) is 19.6 Å². The van der Waals surface area contributed by atoms with Gasteiger partial charge in [-0.3, -0.25) is 0 Å². The van der Waals surface area contributed by atoms with Crippen molar-refractivity contribution in [2.45, 2.75) is 32.2 Å². The van der Waals surface area contributed by atoms with Crippen LogP contribution in [0.1, 0.15) is 30.4 Å². The van der Waals surface area contributed by atoms with Crippen LogP contribution in [0.2, 0.25) is 0 Å². The number of nitrogens with zero attached hydrogens (tertiary/aromatic N) is 1. The molecule has 0 saturated carbocycles. The second-order valence-electron chi connectivity index (χ2n) is 6.17. The van der Waals surface area contributed by atoms with E-state index in [-0.39, 0.29) is 29.5 Å². The summed E-state index contributed by atoms with van der Waals surface area (Å²) in [6, 6.07) is 7.81. The third kappa shape index (κ3) is 4.22. The number of hydrogen-bond acceptors (Lipinski definition) is 3. The number of hydrogen-bond donors (Lipinski definition) is 1. The Morgan fingerprint density at radius 3 is 2.77 bits per heavy atom. The highest BCUT2D eigenvalue weighted by Crippen LogP contribution is 2.18. The average molecular weight is 324 g/mol. The van der Waals surface area contributed by atoms with Crippen molar-refractivity contribution >= 4 is 15.9 Å². The summed E-state index contributed by atoms with van der Waals surface area (Å²) in [5, 5.41) is 2.90. The molecule has 1 aliphatic heterocycles. The summed E-state index contributed by atoms with van der Waals surface area (Å²) >= 11 is 0. The van der Waals surface area contributed by atoms with Gasteiger partial charge in [0.15, 0.2) is 9.84 Å². The van der Waals surface area contributed by atoms with E-state index in [1.807, 2.05) is 19.1 Å². The van der Waals surface area contributed by atoms with E-state index < -0.39 is 9.84 Å². The highest BCUT2D eigenvalue weighted by atomic mass is 32.2. The van der Waals surface area contributed by atoms with Crippen molar-refractivity contribution in [2.75, 3.05) is 25.1 Å². The van der Waals surface area contributed by atoms with Gasteiger partial charge in [-0.2, -0.15) is 0 Å². The van der Waals surface area contributed by atoms with Crippen molar-refractivity contribution < 1.29 is 13.2 Å². The van der Waals surface area contributed by atoms with Crippen LogP contribution in [-0.4, -0.2) is 50.5 Å². The minimum Gasteiger partial charge on any atom is -0.337 e. The van der Waals surface area contributed by atoms with E-state index in [0.29, 0.717) is 13.0 Å². The molecule has 0 aromatic heterocycles. The summed E-state index contributed by atoms with van der Waals surface area (Å²) in [4.78, 5) is 13.7. The lowest BCUT2D eigenvalue weighted by Gasteiger charge is -2.24. The van der Waals surface area contributed by atoms with Gasteiger partial charge in [-0.05, 0) is 24.8 Å². The molecule has 0 bridgehead atoms. The average Bonchev–Trinajstić information content (AvgIpc) is 2.83. The number of urea groups is 1. The zero-order valence-electron chi connectivity index (χ0n) is 13.4. The molecular weight excluding hydrogens is 300 g/mol. The van der Waals surface area contributed by atoms with Crippen molar-refractivity contribution in [3.63, 3.8) is 0 Å². The standard InChI is InChI=1S/C16H24N2O3S/c1-12-5-4-6-14(9-12)13(2)10-17-16(19)18(3)15-7-8-22(20,21)11-15/h4-6,9,13,15H,7-8,10-11H2,1-3H3,(H,17,19)/t13-,15-/m1/s1. The fourth-order valence-corrected chi connectivity index (χ4v) is 4.48. The molecule has 1 aliphatic rings. The zero-order chi connectivity index (χ0) is 16.3. The predicted molar refractivity (Wildman–Crippen MR) is 87.8 cm³/mol. The smallest absolute Gasteiger partial charge is 0.317 e.